The van der Waals surface area contributed by atoms with Crippen LogP contribution >= 0.6 is 0 Å². The van der Waals surface area contributed by atoms with Crippen molar-refractivity contribution < 1.29 is 37.0 Å². The molecule has 2 aliphatic heterocycles. The number of rotatable bonds is 10. The number of hydrogen-bond acceptors (Lipinski definition) is 4. The number of carbonyl (C=O) groups is 1. The molecule has 2 heterocycles. The Hall–Kier alpha value is -3.66. The molecule has 5 aliphatic rings. The third-order valence-corrected chi connectivity index (χ3v) is 11.9. The quantitative estimate of drug-likeness (QED) is 0.122. The third kappa shape index (κ3) is 5.26. The van der Waals surface area contributed by atoms with Crippen LogP contribution in [0.3, 0.4) is 0 Å². The highest BCUT2D eigenvalue weighted by molar-refractivity contribution is 5.99. The van der Waals surface area contributed by atoms with E-state index >= 15 is 0 Å². The summed E-state index contributed by atoms with van der Waals surface area (Å²) in [5.74, 6) is -1.12. The number of halogens is 3. The van der Waals surface area contributed by atoms with Crippen LogP contribution in [0.5, 0.6) is 0 Å². The standard InChI is InChI=1S/C39H43F3N2O4/c1-3-20-44(21-11-16-26-12-6-4-7-13-26)22-19-37-29-17-10-18-33(37)48-35-34(37)28(24-31(29)44)32(45)25-38(35,47-2)43-36(46)30(39(40,41)42)23-27-14-8-5-9-15-27/h3-9,12-15,23,25,29,31,33,35H,1,10-11,16-22,24H2,2H3,(H-,43,45,46)/p+1/t29-,31+,33-,35?,37+,38?,44?/m0/s1. The number of benzene rings is 2. The van der Waals surface area contributed by atoms with Gasteiger partial charge in [0.2, 0.25) is 0 Å². The number of amides is 1. The molecule has 3 unspecified atom stereocenters. The minimum absolute atomic E-state index is 0.0514. The van der Waals surface area contributed by atoms with E-state index in [0.717, 1.165) is 79.9 Å². The van der Waals surface area contributed by atoms with Gasteiger partial charge in [0.1, 0.15) is 17.4 Å². The molecule has 6 nitrogen and oxygen atoms in total. The number of aliphatic hydroxyl groups excluding tert-OH is 1. The number of quaternary nitrogens is 1. The molecule has 48 heavy (non-hydrogen) atoms. The lowest BCUT2D eigenvalue weighted by atomic mass is 9.49. The lowest BCUT2D eigenvalue weighted by Gasteiger charge is -2.62. The fourth-order valence-electron chi connectivity index (χ4n) is 9.96. The van der Waals surface area contributed by atoms with Crippen molar-refractivity contribution >= 4 is 12.0 Å². The second kappa shape index (κ2) is 12.3. The summed E-state index contributed by atoms with van der Waals surface area (Å²) in [6.45, 7) is 6.90. The summed E-state index contributed by atoms with van der Waals surface area (Å²) in [5.41, 5.74) is -0.271. The molecule has 1 spiro atoms. The molecule has 2 N–H and O–H groups in total. The summed E-state index contributed by atoms with van der Waals surface area (Å²) in [7, 11) is 1.34. The number of piperidine rings is 1. The van der Waals surface area contributed by atoms with Gasteiger partial charge < -0.3 is 24.4 Å². The average molecular weight is 662 g/mol. The van der Waals surface area contributed by atoms with Crippen LogP contribution < -0.4 is 5.32 Å². The maximum atomic E-state index is 14.4. The van der Waals surface area contributed by atoms with Crippen LogP contribution in [0.15, 0.2) is 102 Å². The molecule has 9 heteroatoms. The Morgan fingerprint density at radius 1 is 1.15 bits per heavy atom. The molecule has 7 rings (SSSR count). The maximum absolute atomic E-state index is 14.4. The smallest absolute Gasteiger partial charge is 0.421 e. The van der Waals surface area contributed by atoms with E-state index in [2.05, 4.69) is 36.2 Å². The van der Waals surface area contributed by atoms with Gasteiger partial charge in [0.25, 0.3) is 5.91 Å². The lowest BCUT2D eigenvalue weighted by Crippen LogP contribution is -2.70. The van der Waals surface area contributed by atoms with Crippen LogP contribution in [0.4, 0.5) is 13.2 Å². The van der Waals surface area contributed by atoms with Crippen molar-refractivity contribution in [1.29, 1.82) is 0 Å². The highest BCUT2D eigenvalue weighted by atomic mass is 19.4. The van der Waals surface area contributed by atoms with Gasteiger partial charge in [0, 0.05) is 49.4 Å². The fourth-order valence-corrected chi connectivity index (χ4v) is 9.96. The van der Waals surface area contributed by atoms with Crippen LogP contribution in [0.1, 0.15) is 49.7 Å². The summed E-state index contributed by atoms with van der Waals surface area (Å²) in [5, 5.41) is 14.3. The maximum Gasteiger partial charge on any atom is 0.421 e. The van der Waals surface area contributed by atoms with Crippen LogP contribution in [-0.4, -0.2) is 72.4 Å². The number of alkyl halides is 3. The molecule has 0 radical (unpaired) electrons. The third-order valence-electron chi connectivity index (χ3n) is 11.9. The van der Waals surface area contributed by atoms with Crippen LogP contribution in [0.25, 0.3) is 6.08 Å². The normalized spacial score (nSPS) is 33.9. The number of allylic oxidation sites excluding steroid dienone is 1. The van der Waals surface area contributed by atoms with Gasteiger partial charge in [-0.25, -0.2) is 0 Å². The van der Waals surface area contributed by atoms with Crippen LogP contribution in [0, 0.1) is 11.3 Å². The predicted octanol–water partition coefficient (Wildman–Crippen LogP) is 7.21. The second-order valence-corrected chi connectivity index (χ2v) is 14.2. The fraction of sp³-hybridized carbons (Fsp3) is 0.462. The highest BCUT2D eigenvalue weighted by Crippen LogP contribution is 2.68. The number of nitrogens with one attached hydrogen (secondary N) is 1. The molecule has 1 saturated carbocycles. The lowest BCUT2D eigenvalue weighted by molar-refractivity contribution is -0.958. The van der Waals surface area contributed by atoms with Crippen molar-refractivity contribution in [2.45, 2.75) is 75.1 Å². The molecule has 1 amide bonds. The molecule has 0 aromatic heterocycles. The zero-order valence-electron chi connectivity index (χ0n) is 27.3. The van der Waals surface area contributed by atoms with E-state index in [1.54, 1.807) is 18.2 Å². The number of ether oxygens (including phenoxy) is 2. The van der Waals surface area contributed by atoms with E-state index in [4.69, 9.17) is 9.47 Å². The number of likely N-dealkylation sites (tertiary alicyclic amines) is 1. The Morgan fingerprint density at radius 3 is 2.56 bits per heavy atom. The number of aryl methyl sites for hydroxylation is 1. The minimum Gasteiger partial charge on any atom is -0.508 e. The van der Waals surface area contributed by atoms with Crippen LogP contribution in [0.2, 0.25) is 0 Å². The molecule has 2 bridgehead atoms. The van der Waals surface area contributed by atoms with Gasteiger partial charge >= 0.3 is 6.18 Å². The van der Waals surface area contributed by atoms with E-state index in [0.29, 0.717) is 6.42 Å². The first-order chi connectivity index (χ1) is 23.1. The first-order valence-corrected chi connectivity index (χ1v) is 17.1. The first-order valence-electron chi connectivity index (χ1n) is 17.1. The van der Waals surface area contributed by atoms with E-state index in [9.17, 15) is 23.1 Å². The van der Waals surface area contributed by atoms with E-state index in [1.807, 2.05) is 12.1 Å². The molecule has 254 valence electrons. The molecule has 7 atom stereocenters. The summed E-state index contributed by atoms with van der Waals surface area (Å²) < 4.78 is 56.7. The first kappa shape index (κ1) is 32.9. The predicted molar refractivity (Wildman–Crippen MR) is 177 cm³/mol. The van der Waals surface area contributed by atoms with Gasteiger partial charge in [-0.2, -0.15) is 13.2 Å². The molecular formula is C39H44F3N2O4+. The summed E-state index contributed by atoms with van der Waals surface area (Å²) in [6, 6.07) is 18.7. The van der Waals surface area contributed by atoms with Gasteiger partial charge in [-0.15, -0.1) is 0 Å². The number of methoxy groups -OCH3 is 1. The van der Waals surface area contributed by atoms with Crippen molar-refractivity contribution in [1.82, 2.24) is 5.32 Å². The van der Waals surface area contributed by atoms with Crippen LogP contribution in [-0.2, 0) is 20.7 Å². The molecule has 2 saturated heterocycles. The second-order valence-electron chi connectivity index (χ2n) is 14.2. The topological polar surface area (TPSA) is 67.8 Å². The largest absolute Gasteiger partial charge is 0.508 e. The van der Waals surface area contributed by atoms with Gasteiger partial charge in [-0.3, -0.25) is 4.79 Å². The SMILES string of the molecule is C=CC[N+]1(CCCc2ccccc2)CC[C@@]23C4=C5C[C@@H]1[C@@H]2CCC[C@@H]3OC4C(NC(=O)C(=Cc1ccccc1)C(F)(F)F)(OC)C=C5O. The summed E-state index contributed by atoms with van der Waals surface area (Å²) >= 11 is 0. The van der Waals surface area contributed by atoms with Crippen molar-refractivity contribution in [3.05, 3.63) is 113 Å². The van der Waals surface area contributed by atoms with Gasteiger partial charge in [0.05, 0.1) is 31.8 Å². The monoisotopic (exact) mass is 661 g/mol. The number of carbonyl (C=O) groups excluding carboxylic acids is 1. The summed E-state index contributed by atoms with van der Waals surface area (Å²) in [4.78, 5) is 13.6. The number of aliphatic hydroxyl groups is 1. The van der Waals surface area contributed by atoms with Crippen molar-refractivity contribution in [3.8, 4) is 0 Å². The Bertz CT molecular complexity index is 1650. The summed E-state index contributed by atoms with van der Waals surface area (Å²) in [6.07, 6.45) is 4.54. The Kier molecular flexibility index (Phi) is 8.45. The van der Waals surface area contributed by atoms with Crippen molar-refractivity contribution in [3.63, 3.8) is 0 Å². The Morgan fingerprint density at radius 2 is 1.88 bits per heavy atom. The Labute approximate surface area is 280 Å². The zero-order valence-corrected chi connectivity index (χ0v) is 27.3. The van der Waals surface area contributed by atoms with Gasteiger partial charge in [-0.05, 0) is 48.1 Å². The molecule has 2 aromatic carbocycles. The molecule has 3 fully saturated rings. The highest BCUT2D eigenvalue weighted by Gasteiger charge is 2.72. The van der Waals surface area contributed by atoms with Gasteiger partial charge in [0.15, 0.2) is 5.72 Å². The zero-order chi connectivity index (χ0) is 33.7. The van der Waals surface area contributed by atoms with Gasteiger partial charge in [-0.1, -0.05) is 73.7 Å². The van der Waals surface area contributed by atoms with Crippen molar-refractivity contribution in [2.75, 3.05) is 26.7 Å². The number of nitrogens with zero attached hydrogens (tertiary/aromatic N) is 1. The Balaban J connectivity index is 1.24. The minimum atomic E-state index is -4.93. The number of hydrogen-bond donors (Lipinski definition) is 2. The van der Waals surface area contributed by atoms with E-state index < -0.39 is 29.5 Å². The molecule has 3 aliphatic carbocycles. The van der Waals surface area contributed by atoms with E-state index in [1.165, 1.54) is 30.9 Å². The molecular weight excluding hydrogens is 617 g/mol. The van der Waals surface area contributed by atoms with Crippen molar-refractivity contribution in [2.24, 2.45) is 11.3 Å². The van der Waals surface area contributed by atoms with E-state index in [-0.39, 0.29) is 34.8 Å². The average Bonchev–Trinajstić information content (AvgIpc) is 3.42. The molecule has 2 aromatic rings.